The second kappa shape index (κ2) is 14.1. The van der Waals surface area contributed by atoms with Crippen molar-refractivity contribution in [3.63, 3.8) is 0 Å². The van der Waals surface area contributed by atoms with Crippen molar-refractivity contribution in [2.45, 2.75) is 33.1 Å². The monoisotopic (exact) mass is 842 g/mol. The van der Waals surface area contributed by atoms with E-state index in [2.05, 4.69) is 177 Å². The number of nitrogens with zero attached hydrogens (tertiary/aromatic N) is 2. The van der Waals surface area contributed by atoms with Crippen LogP contribution in [0.1, 0.15) is 31.9 Å². The number of para-hydroxylation sites is 2. The maximum absolute atomic E-state index is 6.57. The van der Waals surface area contributed by atoms with Crippen molar-refractivity contribution in [3.05, 3.63) is 187 Å². The molecule has 8 aromatic carbocycles. The summed E-state index contributed by atoms with van der Waals surface area (Å²) in [5.74, 6) is 3.17. The Balaban J connectivity index is 1.09. The first kappa shape index (κ1) is 37.6. The van der Waals surface area contributed by atoms with E-state index in [9.17, 15) is 0 Å². The summed E-state index contributed by atoms with van der Waals surface area (Å²) in [5, 5.41) is 2.17. The normalized spacial score (nSPS) is 13.6. The van der Waals surface area contributed by atoms with Crippen LogP contribution in [-0.2, 0) is 5.41 Å². The number of aryl methyl sites for hydroxylation is 1. The SMILES string of the molecule is Cc1cc2c3c(c1)N(c1c(-c4ccccc4)ccc4c1OCO4)c1ccc(C(C)(C)C)cc1B3c1cc(-c3cc4ccccc4o3)ccc1N2c1ccc(-c2cc3ccccc3o2)cc1. The van der Waals surface area contributed by atoms with Gasteiger partial charge in [-0.1, -0.05) is 106 Å². The Morgan fingerprint density at radius 3 is 1.83 bits per heavy atom. The summed E-state index contributed by atoms with van der Waals surface area (Å²) in [6.07, 6.45) is 0. The van der Waals surface area contributed by atoms with E-state index < -0.39 is 0 Å². The zero-order valence-electron chi connectivity index (χ0n) is 36.6. The molecule has 0 amide bonds. The molecule has 3 aliphatic heterocycles. The molecule has 3 aliphatic rings. The Hall–Kier alpha value is -7.90. The van der Waals surface area contributed by atoms with Crippen LogP contribution in [0.4, 0.5) is 34.1 Å². The van der Waals surface area contributed by atoms with Crippen LogP contribution in [0, 0.1) is 6.92 Å². The van der Waals surface area contributed by atoms with E-state index in [1.807, 2.05) is 36.4 Å². The number of hydrogen-bond acceptors (Lipinski definition) is 6. The van der Waals surface area contributed by atoms with E-state index >= 15 is 0 Å². The van der Waals surface area contributed by atoms with Crippen LogP contribution in [0.15, 0.2) is 185 Å². The summed E-state index contributed by atoms with van der Waals surface area (Å²) in [4.78, 5) is 4.91. The predicted octanol–water partition coefficient (Wildman–Crippen LogP) is 13.6. The number of hydrogen-bond donors (Lipinski definition) is 0. The fraction of sp³-hybridized carbons (Fsp3) is 0.103. The summed E-state index contributed by atoms with van der Waals surface area (Å²) >= 11 is 0. The molecule has 2 aromatic heterocycles. The van der Waals surface area contributed by atoms with Gasteiger partial charge in [0, 0.05) is 55.9 Å². The first-order valence-electron chi connectivity index (χ1n) is 22.3. The van der Waals surface area contributed by atoms with Crippen LogP contribution in [-0.4, -0.2) is 13.5 Å². The molecule has 0 bridgehead atoms. The number of fused-ring (bicyclic) bond motifs is 7. The summed E-state index contributed by atoms with van der Waals surface area (Å²) in [6, 6.07) is 63.0. The van der Waals surface area contributed by atoms with Crippen LogP contribution in [0.5, 0.6) is 11.5 Å². The molecule has 0 spiro atoms. The Kier molecular flexibility index (Phi) is 8.14. The molecule has 0 unspecified atom stereocenters. The molecule has 10 aromatic rings. The van der Waals surface area contributed by atoms with Crippen molar-refractivity contribution >= 4 is 79.2 Å². The van der Waals surface area contributed by atoms with E-state index in [1.165, 1.54) is 22.0 Å². The molecule has 5 heterocycles. The van der Waals surface area contributed by atoms with Gasteiger partial charge in [0.2, 0.25) is 6.79 Å². The molecule has 0 aliphatic carbocycles. The lowest BCUT2D eigenvalue weighted by Crippen LogP contribution is -2.61. The van der Waals surface area contributed by atoms with Crippen molar-refractivity contribution < 1.29 is 18.3 Å². The Morgan fingerprint density at radius 2 is 1.12 bits per heavy atom. The van der Waals surface area contributed by atoms with Gasteiger partial charge in [0.1, 0.15) is 28.4 Å². The molecule has 0 atom stereocenters. The van der Waals surface area contributed by atoms with E-state index in [0.717, 1.165) is 107 Å². The topological polar surface area (TPSA) is 51.2 Å². The number of benzene rings is 8. The standard InChI is InChI=1S/C58H43BN2O4/c1-35-28-48-55-49(29-35)61(56-43(36-12-6-5-7-13-36)24-27-52-57(56)63-34-62-52)47-26-21-41(58(2,3)4)33-45(47)59(55)44-30-40(54-32-39-15-9-11-17-51(39)65-54)20-25-46(44)60(48)42-22-18-37(19-23-42)53-31-38-14-8-10-16-50(38)64-53/h5-33H,34H2,1-4H3. The van der Waals surface area contributed by atoms with Gasteiger partial charge in [-0.2, -0.15) is 0 Å². The number of furan rings is 2. The van der Waals surface area contributed by atoms with E-state index in [0.29, 0.717) is 0 Å². The highest BCUT2D eigenvalue weighted by molar-refractivity contribution is 7.00. The third-order valence-electron chi connectivity index (χ3n) is 13.4. The molecule has 0 saturated heterocycles. The molecule has 0 fully saturated rings. The van der Waals surface area contributed by atoms with Crippen LogP contribution in [0.3, 0.4) is 0 Å². The van der Waals surface area contributed by atoms with Gasteiger partial charge in [0.25, 0.3) is 6.71 Å². The first-order chi connectivity index (χ1) is 31.7. The van der Waals surface area contributed by atoms with Crippen molar-refractivity contribution in [2.24, 2.45) is 0 Å². The van der Waals surface area contributed by atoms with Gasteiger partial charge in [-0.25, -0.2) is 0 Å². The average Bonchev–Trinajstić information content (AvgIpc) is 4.10. The minimum atomic E-state index is -0.117. The van der Waals surface area contributed by atoms with Crippen molar-refractivity contribution in [3.8, 4) is 45.3 Å². The molecule has 0 N–H and O–H groups in total. The molecule has 0 radical (unpaired) electrons. The Bertz CT molecular complexity index is 3480. The van der Waals surface area contributed by atoms with Gasteiger partial charge in [0.05, 0.1) is 0 Å². The van der Waals surface area contributed by atoms with Crippen molar-refractivity contribution in [2.75, 3.05) is 16.6 Å². The minimum Gasteiger partial charge on any atom is -0.456 e. The highest BCUT2D eigenvalue weighted by atomic mass is 16.7. The molecular weight excluding hydrogens is 799 g/mol. The quantitative estimate of drug-likeness (QED) is 0.161. The second-order valence-corrected chi connectivity index (χ2v) is 18.5. The number of ether oxygens (including phenoxy) is 2. The third-order valence-corrected chi connectivity index (χ3v) is 13.4. The molecule has 13 rings (SSSR count). The lowest BCUT2D eigenvalue weighted by Gasteiger charge is -2.45. The zero-order valence-corrected chi connectivity index (χ0v) is 36.6. The van der Waals surface area contributed by atoms with E-state index in [-0.39, 0.29) is 18.9 Å². The molecule has 312 valence electrons. The molecule has 65 heavy (non-hydrogen) atoms. The van der Waals surface area contributed by atoms with Crippen LogP contribution in [0.2, 0.25) is 0 Å². The summed E-state index contributed by atoms with van der Waals surface area (Å²) in [6.45, 7) is 9.14. The smallest absolute Gasteiger partial charge is 0.252 e. The Labute approximate surface area is 378 Å². The summed E-state index contributed by atoms with van der Waals surface area (Å²) in [7, 11) is 0. The lowest BCUT2D eigenvalue weighted by atomic mass is 9.33. The lowest BCUT2D eigenvalue weighted by molar-refractivity contribution is 0.174. The highest BCUT2D eigenvalue weighted by Gasteiger charge is 2.45. The van der Waals surface area contributed by atoms with Gasteiger partial charge in [-0.05, 0) is 136 Å². The Morgan fingerprint density at radius 1 is 0.508 bits per heavy atom. The average molecular weight is 843 g/mol. The van der Waals surface area contributed by atoms with Gasteiger partial charge >= 0.3 is 0 Å². The second-order valence-electron chi connectivity index (χ2n) is 18.5. The molecule has 7 heteroatoms. The van der Waals surface area contributed by atoms with Crippen LogP contribution >= 0.6 is 0 Å². The van der Waals surface area contributed by atoms with Gasteiger partial charge in [0.15, 0.2) is 11.5 Å². The maximum atomic E-state index is 6.57. The van der Waals surface area contributed by atoms with Gasteiger partial charge < -0.3 is 28.1 Å². The van der Waals surface area contributed by atoms with Crippen molar-refractivity contribution in [1.82, 2.24) is 0 Å². The largest absolute Gasteiger partial charge is 0.456 e. The van der Waals surface area contributed by atoms with Crippen molar-refractivity contribution in [1.29, 1.82) is 0 Å². The summed E-state index contributed by atoms with van der Waals surface area (Å²) < 4.78 is 25.6. The fourth-order valence-corrected chi connectivity index (χ4v) is 10.3. The summed E-state index contributed by atoms with van der Waals surface area (Å²) in [5.41, 5.74) is 18.4. The highest BCUT2D eigenvalue weighted by Crippen LogP contribution is 2.54. The van der Waals surface area contributed by atoms with Crippen LogP contribution in [0.25, 0.3) is 55.7 Å². The van der Waals surface area contributed by atoms with Crippen LogP contribution < -0.4 is 35.7 Å². The third kappa shape index (κ3) is 5.88. The maximum Gasteiger partial charge on any atom is 0.252 e. The fourth-order valence-electron chi connectivity index (χ4n) is 10.3. The zero-order chi connectivity index (χ0) is 43.6. The van der Waals surface area contributed by atoms with E-state index in [4.69, 9.17) is 18.3 Å². The first-order valence-corrected chi connectivity index (χ1v) is 22.3. The minimum absolute atomic E-state index is 0.0996. The number of anilines is 6. The molecular formula is C58H43BN2O4. The number of rotatable bonds is 5. The van der Waals surface area contributed by atoms with Gasteiger partial charge in [-0.3, -0.25) is 0 Å². The molecule has 0 saturated carbocycles. The predicted molar refractivity (Wildman–Crippen MR) is 266 cm³/mol. The van der Waals surface area contributed by atoms with E-state index in [1.54, 1.807) is 0 Å². The molecule has 6 nitrogen and oxygen atoms in total. The van der Waals surface area contributed by atoms with Gasteiger partial charge in [-0.15, -0.1) is 0 Å².